The molecule has 172 valence electrons. The highest BCUT2D eigenvalue weighted by Gasteiger charge is 2.31. The number of para-hydroxylation sites is 1. The molecule has 0 fully saturated rings. The molecule has 1 aliphatic rings. The molecule has 0 aliphatic carbocycles. The Bertz CT molecular complexity index is 1500. The van der Waals surface area contributed by atoms with Crippen LogP contribution < -0.4 is 19.8 Å². The molecule has 1 aromatic heterocycles. The van der Waals surface area contributed by atoms with Crippen LogP contribution in [0.2, 0.25) is 0 Å². The summed E-state index contributed by atoms with van der Waals surface area (Å²) in [6.07, 6.45) is -3.20. The van der Waals surface area contributed by atoms with Gasteiger partial charge in [-0.25, -0.2) is 4.98 Å². The first-order valence-electron chi connectivity index (χ1n) is 10.1. The van der Waals surface area contributed by atoms with E-state index in [1.165, 1.54) is 25.5 Å². The summed E-state index contributed by atoms with van der Waals surface area (Å²) in [6.45, 7) is 0.0623. The molecule has 0 N–H and O–H groups in total. The molecule has 4 aromatic rings. The molecule has 3 aromatic carbocycles. The molecule has 5 rings (SSSR count). The van der Waals surface area contributed by atoms with E-state index in [1.54, 1.807) is 36.4 Å². The van der Waals surface area contributed by atoms with Crippen LogP contribution in [0, 0.1) is 0 Å². The Balaban J connectivity index is 1.70. The number of benzene rings is 3. The molecule has 10 heteroatoms. The van der Waals surface area contributed by atoms with Gasteiger partial charge in [0, 0.05) is 17.2 Å². The van der Waals surface area contributed by atoms with Gasteiger partial charge in [-0.05, 0) is 30.3 Å². The van der Waals surface area contributed by atoms with Crippen molar-refractivity contribution in [2.24, 2.45) is 5.10 Å². The number of hydrogen-bond donors (Lipinski definition) is 0. The normalized spacial score (nSPS) is 13.1. The van der Waals surface area contributed by atoms with Crippen molar-refractivity contribution in [3.8, 4) is 28.6 Å². The van der Waals surface area contributed by atoms with E-state index in [9.17, 15) is 18.0 Å². The van der Waals surface area contributed by atoms with E-state index in [1.807, 2.05) is 0 Å². The second-order valence-electron chi connectivity index (χ2n) is 7.34. The van der Waals surface area contributed by atoms with Gasteiger partial charge in [-0.15, -0.1) is 0 Å². The molecule has 0 spiro atoms. The quantitative estimate of drug-likeness (QED) is 0.407. The van der Waals surface area contributed by atoms with E-state index >= 15 is 0 Å². The van der Waals surface area contributed by atoms with Gasteiger partial charge in [0.25, 0.3) is 5.56 Å². The van der Waals surface area contributed by atoms with Crippen LogP contribution in [0.4, 0.5) is 13.2 Å². The van der Waals surface area contributed by atoms with E-state index in [4.69, 9.17) is 14.2 Å². The molecular weight excluding hydrogens is 451 g/mol. The third-order valence-electron chi connectivity index (χ3n) is 5.24. The lowest BCUT2D eigenvalue weighted by Crippen LogP contribution is -2.20. The maximum Gasteiger partial charge on any atom is 0.416 e. The molecule has 0 bridgehead atoms. The Morgan fingerprint density at radius 3 is 2.59 bits per heavy atom. The number of hydrogen-bond acceptors (Lipinski definition) is 6. The van der Waals surface area contributed by atoms with Gasteiger partial charge < -0.3 is 14.2 Å². The smallest absolute Gasteiger partial charge is 0.416 e. The van der Waals surface area contributed by atoms with Crippen molar-refractivity contribution in [1.29, 1.82) is 0 Å². The predicted octanol–water partition coefficient (Wildman–Crippen LogP) is 4.70. The van der Waals surface area contributed by atoms with E-state index in [0.717, 1.165) is 16.8 Å². The van der Waals surface area contributed by atoms with Crippen LogP contribution in [0.25, 0.3) is 22.3 Å². The Morgan fingerprint density at radius 2 is 1.82 bits per heavy atom. The average molecular weight is 467 g/mol. The van der Waals surface area contributed by atoms with Crippen molar-refractivity contribution in [2.75, 3.05) is 13.9 Å². The van der Waals surface area contributed by atoms with Gasteiger partial charge in [0.05, 0.1) is 29.8 Å². The number of rotatable bonds is 4. The second-order valence-corrected chi connectivity index (χ2v) is 7.34. The molecule has 2 heterocycles. The summed E-state index contributed by atoms with van der Waals surface area (Å²) >= 11 is 0. The van der Waals surface area contributed by atoms with Gasteiger partial charge in [-0.1, -0.05) is 24.3 Å². The lowest BCUT2D eigenvalue weighted by atomic mass is 10.1. The summed E-state index contributed by atoms with van der Waals surface area (Å²) in [4.78, 5) is 17.7. The maximum atomic E-state index is 13.3. The van der Waals surface area contributed by atoms with Crippen LogP contribution >= 0.6 is 0 Å². The van der Waals surface area contributed by atoms with Crippen LogP contribution in [0.1, 0.15) is 11.1 Å². The third-order valence-corrected chi connectivity index (χ3v) is 5.24. The van der Waals surface area contributed by atoms with Crippen LogP contribution in [-0.4, -0.2) is 29.8 Å². The fraction of sp³-hybridized carbons (Fsp3) is 0.125. The van der Waals surface area contributed by atoms with Gasteiger partial charge in [0.2, 0.25) is 6.79 Å². The summed E-state index contributed by atoms with van der Waals surface area (Å²) in [7, 11) is 1.46. The first kappa shape index (κ1) is 21.5. The fourth-order valence-electron chi connectivity index (χ4n) is 3.59. The van der Waals surface area contributed by atoms with Gasteiger partial charge in [0.1, 0.15) is 5.75 Å². The minimum absolute atomic E-state index is 0.0363. The monoisotopic (exact) mass is 467 g/mol. The molecule has 0 atom stereocenters. The highest BCUT2D eigenvalue weighted by molar-refractivity contribution is 5.86. The number of halogens is 3. The standard InChI is InChI=1S/C24H16F3N3O4/c1-32-19-11-21-20(33-13-34-21)10-15(19)12-28-30-22(14-5-4-6-16(9-14)24(25,26)27)29-18-8-3-2-7-17(18)23(30)31/h2-12H,13H2,1H3. The lowest BCUT2D eigenvalue weighted by Gasteiger charge is -2.12. The van der Waals surface area contributed by atoms with Gasteiger partial charge in [-0.2, -0.15) is 22.9 Å². The Morgan fingerprint density at radius 1 is 1.06 bits per heavy atom. The van der Waals surface area contributed by atoms with Gasteiger partial charge >= 0.3 is 6.18 Å². The third kappa shape index (κ3) is 3.83. The van der Waals surface area contributed by atoms with E-state index in [-0.39, 0.29) is 23.6 Å². The predicted molar refractivity (Wildman–Crippen MR) is 119 cm³/mol. The molecule has 0 unspecified atom stereocenters. The lowest BCUT2D eigenvalue weighted by molar-refractivity contribution is -0.137. The first-order valence-corrected chi connectivity index (χ1v) is 10.1. The summed E-state index contributed by atoms with van der Waals surface area (Å²) in [5, 5.41) is 4.56. The molecule has 34 heavy (non-hydrogen) atoms. The van der Waals surface area contributed by atoms with Crippen molar-refractivity contribution in [2.45, 2.75) is 6.18 Å². The maximum absolute atomic E-state index is 13.3. The summed E-state index contributed by atoms with van der Waals surface area (Å²) < 4.78 is 57.0. The first-order chi connectivity index (χ1) is 16.3. The summed E-state index contributed by atoms with van der Waals surface area (Å²) in [6, 6.07) is 14.4. The summed E-state index contributed by atoms with van der Waals surface area (Å²) in [5.41, 5.74) is -0.490. The van der Waals surface area contributed by atoms with Crippen molar-refractivity contribution in [3.63, 3.8) is 0 Å². The summed E-state index contributed by atoms with van der Waals surface area (Å²) in [5.74, 6) is 1.36. The molecule has 0 radical (unpaired) electrons. The Kier molecular flexibility index (Phi) is 5.20. The van der Waals surface area contributed by atoms with E-state index in [0.29, 0.717) is 28.3 Å². The van der Waals surface area contributed by atoms with Crippen molar-refractivity contribution >= 4 is 17.1 Å². The molecular formula is C24H16F3N3O4. The molecule has 0 saturated carbocycles. The van der Waals surface area contributed by atoms with Crippen molar-refractivity contribution in [3.05, 3.63) is 82.1 Å². The SMILES string of the molecule is COc1cc2c(cc1C=Nn1c(-c3cccc(C(F)(F)F)c3)nc3ccccc3c1=O)OCO2. The molecule has 0 amide bonds. The Hall–Kier alpha value is -4.34. The van der Waals surface area contributed by atoms with Gasteiger partial charge in [0.15, 0.2) is 17.3 Å². The highest BCUT2D eigenvalue weighted by Crippen LogP contribution is 2.37. The number of alkyl halides is 3. The zero-order valence-corrected chi connectivity index (χ0v) is 17.7. The zero-order valence-electron chi connectivity index (χ0n) is 17.7. The van der Waals surface area contributed by atoms with Crippen LogP contribution in [-0.2, 0) is 6.18 Å². The van der Waals surface area contributed by atoms with E-state index in [2.05, 4.69) is 10.1 Å². The second kappa shape index (κ2) is 8.22. The number of fused-ring (bicyclic) bond motifs is 2. The Labute approximate surface area is 190 Å². The topological polar surface area (TPSA) is 74.9 Å². The van der Waals surface area contributed by atoms with Crippen molar-refractivity contribution < 1.29 is 27.4 Å². The average Bonchev–Trinajstić information content (AvgIpc) is 3.29. The van der Waals surface area contributed by atoms with Gasteiger partial charge in [-0.3, -0.25) is 4.79 Å². The zero-order chi connectivity index (χ0) is 23.9. The molecule has 1 aliphatic heterocycles. The number of methoxy groups -OCH3 is 1. The number of ether oxygens (including phenoxy) is 3. The highest BCUT2D eigenvalue weighted by atomic mass is 19.4. The minimum atomic E-state index is -4.55. The number of nitrogens with zero attached hydrogens (tertiary/aromatic N) is 3. The molecule has 0 saturated heterocycles. The van der Waals surface area contributed by atoms with Crippen LogP contribution in [0.15, 0.2) is 70.6 Å². The van der Waals surface area contributed by atoms with Crippen molar-refractivity contribution in [1.82, 2.24) is 9.66 Å². The fourth-order valence-corrected chi connectivity index (χ4v) is 3.59. The van der Waals surface area contributed by atoms with Crippen LogP contribution in [0.3, 0.4) is 0 Å². The number of aromatic nitrogens is 2. The largest absolute Gasteiger partial charge is 0.496 e. The minimum Gasteiger partial charge on any atom is -0.496 e. The van der Waals surface area contributed by atoms with Crippen LogP contribution in [0.5, 0.6) is 17.2 Å². The van der Waals surface area contributed by atoms with E-state index < -0.39 is 17.3 Å². The molecule has 7 nitrogen and oxygen atoms in total.